The van der Waals surface area contributed by atoms with Crippen LogP contribution in [0.3, 0.4) is 0 Å². The van der Waals surface area contributed by atoms with Crippen LogP contribution in [-0.2, 0) is 18.0 Å². The molecule has 0 radical (unpaired) electrons. The first-order chi connectivity index (χ1) is 11.0. The maximum absolute atomic E-state index is 11.1. The second-order valence-electron chi connectivity index (χ2n) is 4.82. The summed E-state index contributed by atoms with van der Waals surface area (Å²) in [7, 11) is 0. The van der Waals surface area contributed by atoms with Crippen LogP contribution in [0.15, 0.2) is 30.3 Å². The summed E-state index contributed by atoms with van der Waals surface area (Å²) in [5.41, 5.74) is 1.11. The summed E-state index contributed by atoms with van der Waals surface area (Å²) in [6, 6.07) is 7.70. The lowest BCUT2D eigenvalue weighted by Crippen LogP contribution is -2.14. The van der Waals surface area contributed by atoms with Crippen molar-refractivity contribution < 1.29 is 19.1 Å². The minimum atomic E-state index is -0.468. The Hall–Kier alpha value is -2.02. The molecular weight excluding hydrogens is 345 g/mol. The molecule has 0 unspecified atom stereocenters. The van der Waals surface area contributed by atoms with Gasteiger partial charge in [-0.1, -0.05) is 23.2 Å². The topological polar surface area (TPSA) is 70.8 Å². The maximum atomic E-state index is 11.1. The third kappa shape index (κ3) is 3.50. The average Bonchev–Trinajstić information content (AvgIpc) is 2.55. The molecule has 0 atom stereocenters. The molecule has 3 rings (SSSR count). The third-order valence-corrected chi connectivity index (χ3v) is 3.81. The second kappa shape index (κ2) is 6.62. The van der Waals surface area contributed by atoms with E-state index in [-0.39, 0.29) is 25.7 Å². The molecule has 0 aliphatic carbocycles. The zero-order valence-corrected chi connectivity index (χ0v) is 13.3. The van der Waals surface area contributed by atoms with E-state index in [0.717, 1.165) is 0 Å². The molecule has 0 fully saturated rings. The largest absolute Gasteiger partial charge is 0.487 e. The summed E-state index contributed by atoms with van der Waals surface area (Å²) in [6.07, 6.45) is 0. The Morgan fingerprint density at radius 2 is 2.09 bits per heavy atom. The highest BCUT2D eigenvalue weighted by Gasteiger charge is 2.21. The number of non-ortho nitro benzene ring substituents is 1. The number of hydrogen-bond donors (Lipinski definition) is 0. The summed E-state index contributed by atoms with van der Waals surface area (Å²) in [6.45, 7) is 0.405. The molecule has 0 saturated heterocycles. The first-order valence-corrected chi connectivity index (χ1v) is 7.39. The first kappa shape index (κ1) is 15.9. The summed E-state index contributed by atoms with van der Waals surface area (Å²) in [5.74, 6) is 0.937. The van der Waals surface area contributed by atoms with E-state index >= 15 is 0 Å². The molecule has 23 heavy (non-hydrogen) atoms. The van der Waals surface area contributed by atoms with Crippen LogP contribution in [0.4, 0.5) is 5.69 Å². The summed E-state index contributed by atoms with van der Waals surface area (Å²) >= 11 is 12.0. The molecule has 6 nitrogen and oxygen atoms in total. The van der Waals surface area contributed by atoms with Gasteiger partial charge >= 0.3 is 0 Å². The highest BCUT2D eigenvalue weighted by atomic mass is 35.5. The number of hydrogen-bond acceptors (Lipinski definition) is 5. The molecule has 0 saturated carbocycles. The Balaban J connectivity index is 1.91. The molecule has 1 heterocycles. The third-order valence-electron chi connectivity index (χ3n) is 3.26. The van der Waals surface area contributed by atoms with E-state index in [2.05, 4.69) is 0 Å². The lowest BCUT2D eigenvalue weighted by molar-refractivity contribution is -0.385. The predicted octanol–water partition coefficient (Wildman–Crippen LogP) is 4.35. The van der Waals surface area contributed by atoms with Crippen molar-refractivity contribution in [2.24, 2.45) is 0 Å². The number of nitrogens with zero attached hydrogens (tertiary/aromatic N) is 1. The fourth-order valence-electron chi connectivity index (χ4n) is 2.24. The van der Waals surface area contributed by atoms with E-state index < -0.39 is 4.92 Å². The number of nitro groups is 1. The van der Waals surface area contributed by atoms with Crippen molar-refractivity contribution in [1.82, 2.24) is 0 Å². The SMILES string of the molecule is O=[N+]([O-])c1cc2c(c(COc3cc(Cl)ccc3Cl)c1)OCOC2. The number of nitro benzene ring substituents is 1. The van der Waals surface area contributed by atoms with Gasteiger partial charge in [-0.2, -0.15) is 0 Å². The highest BCUT2D eigenvalue weighted by Crippen LogP contribution is 2.34. The van der Waals surface area contributed by atoms with Gasteiger partial charge in [0.05, 0.1) is 16.6 Å². The van der Waals surface area contributed by atoms with Crippen LogP contribution < -0.4 is 9.47 Å². The second-order valence-corrected chi connectivity index (χ2v) is 5.67. The Kier molecular flexibility index (Phi) is 4.56. The van der Waals surface area contributed by atoms with E-state index in [1.165, 1.54) is 12.1 Å². The first-order valence-electron chi connectivity index (χ1n) is 6.63. The number of benzene rings is 2. The van der Waals surface area contributed by atoms with Gasteiger partial charge in [0.1, 0.15) is 18.1 Å². The standard InChI is InChI=1S/C15H11Cl2NO5/c16-11-1-2-13(17)14(5-11)22-7-10-4-12(18(19)20)3-9-6-21-8-23-15(9)10/h1-5H,6-8H2. The molecule has 0 amide bonds. The van der Waals surface area contributed by atoms with E-state index in [4.69, 9.17) is 37.4 Å². The summed E-state index contributed by atoms with van der Waals surface area (Å²) in [4.78, 5) is 10.6. The molecule has 2 aromatic rings. The maximum Gasteiger partial charge on any atom is 0.270 e. The minimum absolute atomic E-state index is 0.0476. The predicted molar refractivity (Wildman–Crippen MR) is 84.2 cm³/mol. The fraction of sp³-hybridized carbons (Fsp3) is 0.200. The average molecular weight is 356 g/mol. The lowest BCUT2D eigenvalue weighted by Gasteiger charge is -2.20. The number of rotatable bonds is 4. The summed E-state index contributed by atoms with van der Waals surface area (Å²) in [5, 5.41) is 11.9. The van der Waals surface area contributed by atoms with Crippen LogP contribution >= 0.6 is 23.2 Å². The van der Waals surface area contributed by atoms with Crippen LogP contribution in [-0.4, -0.2) is 11.7 Å². The van der Waals surface area contributed by atoms with Crippen molar-refractivity contribution >= 4 is 28.9 Å². The van der Waals surface area contributed by atoms with Crippen molar-refractivity contribution in [3.63, 3.8) is 0 Å². The molecule has 1 aliphatic rings. The van der Waals surface area contributed by atoms with Crippen molar-refractivity contribution in [1.29, 1.82) is 0 Å². The molecule has 1 aliphatic heterocycles. The van der Waals surface area contributed by atoms with Gasteiger partial charge in [-0.25, -0.2) is 0 Å². The molecule has 0 aromatic heterocycles. The van der Waals surface area contributed by atoms with E-state index in [1.54, 1.807) is 18.2 Å². The van der Waals surface area contributed by atoms with Crippen LogP contribution in [0.2, 0.25) is 10.0 Å². The van der Waals surface area contributed by atoms with Gasteiger partial charge in [-0.15, -0.1) is 0 Å². The van der Waals surface area contributed by atoms with Gasteiger partial charge in [0.2, 0.25) is 0 Å². The zero-order chi connectivity index (χ0) is 16.4. The van der Waals surface area contributed by atoms with Crippen LogP contribution in [0.25, 0.3) is 0 Å². The molecule has 0 N–H and O–H groups in total. The highest BCUT2D eigenvalue weighted by molar-refractivity contribution is 6.34. The van der Waals surface area contributed by atoms with Gasteiger partial charge in [0.25, 0.3) is 5.69 Å². The van der Waals surface area contributed by atoms with Crippen molar-refractivity contribution in [2.45, 2.75) is 13.2 Å². The van der Waals surface area contributed by atoms with E-state index in [0.29, 0.717) is 32.7 Å². The normalized spacial score (nSPS) is 13.1. The van der Waals surface area contributed by atoms with Crippen LogP contribution in [0.5, 0.6) is 11.5 Å². The quantitative estimate of drug-likeness (QED) is 0.602. The fourth-order valence-corrected chi connectivity index (χ4v) is 2.57. The van der Waals surface area contributed by atoms with Crippen LogP contribution in [0, 0.1) is 10.1 Å². The Morgan fingerprint density at radius 1 is 1.26 bits per heavy atom. The number of ether oxygens (including phenoxy) is 3. The molecule has 0 spiro atoms. The van der Waals surface area contributed by atoms with Crippen molar-refractivity contribution in [2.75, 3.05) is 6.79 Å². The van der Waals surface area contributed by atoms with Gasteiger partial charge in [-0.3, -0.25) is 10.1 Å². The molecular formula is C15H11Cl2NO5. The van der Waals surface area contributed by atoms with E-state index in [1.807, 2.05) is 0 Å². The Labute approximate surface area is 141 Å². The molecule has 120 valence electrons. The number of fused-ring (bicyclic) bond motifs is 1. The van der Waals surface area contributed by atoms with Crippen LogP contribution in [0.1, 0.15) is 11.1 Å². The molecule has 8 heteroatoms. The minimum Gasteiger partial charge on any atom is -0.487 e. The monoisotopic (exact) mass is 355 g/mol. The summed E-state index contributed by atoms with van der Waals surface area (Å²) < 4.78 is 16.3. The number of halogens is 2. The van der Waals surface area contributed by atoms with Gasteiger partial charge in [0.15, 0.2) is 6.79 Å². The Morgan fingerprint density at radius 3 is 2.87 bits per heavy atom. The van der Waals surface area contributed by atoms with Crippen molar-refractivity contribution in [3.8, 4) is 11.5 Å². The zero-order valence-electron chi connectivity index (χ0n) is 11.8. The van der Waals surface area contributed by atoms with Gasteiger partial charge in [-0.05, 0) is 12.1 Å². The van der Waals surface area contributed by atoms with Crippen molar-refractivity contribution in [3.05, 3.63) is 61.6 Å². The van der Waals surface area contributed by atoms with Gasteiger partial charge < -0.3 is 14.2 Å². The molecule has 2 aromatic carbocycles. The lowest BCUT2D eigenvalue weighted by atomic mass is 10.1. The molecule has 0 bridgehead atoms. The Bertz CT molecular complexity index is 766. The van der Waals surface area contributed by atoms with Gasteiger partial charge in [0, 0.05) is 34.3 Å². The smallest absolute Gasteiger partial charge is 0.270 e. The van der Waals surface area contributed by atoms with E-state index in [9.17, 15) is 10.1 Å².